The van der Waals surface area contributed by atoms with Crippen LogP contribution >= 0.6 is 15.9 Å². The lowest BCUT2D eigenvalue weighted by atomic mass is 9.79. The molecule has 0 radical (unpaired) electrons. The molecule has 2 atom stereocenters. The Morgan fingerprint density at radius 3 is 2.41 bits per heavy atom. The van der Waals surface area contributed by atoms with Gasteiger partial charge in [0.2, 0.25) is 0 Å². The van der Waals surface area contributed by atoms with E-state index in [-0.39, 0.29) is 23.7 Å². The third-order valence-electron chi connectivity index (χ3n) is 6.23. The van der Waals surface area contributed by atoms with Crippen molar-refractivity contribution in [2.45, 2.75) is 32.2 Å². The minimum atomic E-state index is -0.653. The summed E-state index contributed by atoms with van der Waals surface area (Å²) >= 11 is 3.48. The molecular weight excluding hydrogens is 498 g/mol. The number of hydrogen-bond donors (Lipinski definition) is 0. The fourth-order valence-corrected chi connectivity index (χ4v) is 4.72. The van der Waals surface area contributed by atoms with Crippen LogP contribution in [0.25, 0.3) is 0 Å². The van der Waals surface area contributed by atoms with Crippen molar-refractivity contribution in [3.8, 4) is 5.75 Å². The lowest BCUT2D eigenvalue weighted by Crippen LogP contribution is -2.24. The number of hydrogen-bond acceptors (Lipinski definition) is 2. The molecule has 4 aromatic carbocycles. The Morgan fingerprint density at radius 2 is 1.65 bits per heavy atom. The summed E-state index contributed by atoms with van der Waals surface area (Å²) in [6.07, 6.45) is -0.653. The molecule has 0 fully saturated rings. The Bertz CT molecular complexity index is 1310. The maximum absolute atomic E-state index is 15.0. The summed E-state index contributed by atoms with van der Waals surface area (Å²) < 4.78 is 42.6. The fourth-order valence-electron chi connectivity index (χ4n) is 4.45. The molecule has 0 saturated carbocycles. The van der Waals surface area contributed by atoms with Gasteiger partial charge in [0.25, 0.3) is 0 Å². The quantitative estimate of drug-likeness (QED) is 0.265. The minimum absolute atomic E-state index is 0.228. The Hall–Kier alpha value is -3.02. The number of fused-ring (bicyclic) bond motifs is 1. The largest absolute Gasteiger partial charge is 0.489 e. The average Bonchev–Trinajstić information content (AvgIpc) is 2.85. The third kappa shape index (κ3) is 4.63. The van der Waals surface area contributed by atoms with Crippen LogP contribution in [-0.4, -0.2) is 0 Å². The van der Waals surface area contributed by atoms with Crippen LogP contribution in [0.15, 0.2) is 89.4 Å². The van der Waals surface area contributed by atoms with E-state index in [0.717, 1.165) is 32.5 Å². The second-order valence-electron chi connectivity index (χ2n) is 8.52. The molecule has 0 aromatic heterocycles. The molecule has 5 rings (SSSR count). The first-order valence-electron chi connectivity index (χ1n) is 11.1. The summed E-state index contributed by atoms with van der Waals surface area (Å²) in [6, 6.07) is 26.3. The van der Waals surface area contributed by atoms with E-state index < -0.39 is 17.7 Å². The van der Waals surface area contributed by atoms with Gasteiger partial charge < -0.3 is 9.47 Å². The molecule has 0 saturated heterocycles. The summed E-state index contributed by atoms with van der Waals surface area (Å²) in [6.45, 7) is 2.31. The molecule has 2 nitrogen and oxygen atoms in total. The van der Waals surface area contributed by atoms with E-state index in [4.69, 9.17) is 9.47 Å². The van der Waals surface area contributed by atoms with Crippen molar-refractivity contribution in [3.05, 3.63) is 134 Å². The highest BCUT2D eigenvalue weighted by Crippen LogP contribution is 2.46. The number of halogens is 3. The van der Waals surface area contributed by atoms with E-state index in [1.807, 2.05) is 72.8 Å². The van der Waals surface area contributed by atoms with Gasteiger partial charge >= 0.3 is 0 Å². The van der Waals surface area contributed by atoms with Gasteiger partial charge in [-0.15, -0.1) is 0 Å². The monoisotopic (exact) mass is 520 g/mol. The van der Waals surface area contributed by atoms with Crippen LogP contribution in [0.4, 0.5) is 8.78 Å². The van der Waals surface area contributed by atoms with Gasteiger partial charge in [0.15, 0.2) is 0 Å². The predicted molar refractivity (Wildman–Crippen MR) is 132 cm³/mol. The van der Waals surface area contributed by atoms with E-state index in [2.05, 4.69) is 15.9 Å². The van der Waals surface area contributed by atoms with Gasteiger partial charge in [-0.3, -0.25) is 0 Å². The van der Waals surface area contributed by atoms with Crippen molar-refractivity contribution >= 4 is 15.9 Å². The third-order valence-corrected chi connectivity index (χ3v) is 6.76. The van der Waals surface area contributed by atoms with Gasteiger partial charge in [-0.1, -0.05) is 64.5 Å². The summed E-state index contributed by atoms with van der Waals surface area (Å²) in [5.74, 6) is -0.453. The average molecular weight is 521 g/mol. The smallest absolute Gasteiger partial charge is 0.129 e. The van der Waals surface area contributed by atoms with Crippen molar-refractivity contribution in [3.63, 3.8) is 0 Å². The zero-order valence-corrected chi connectivity index (χ0v) is 20.2. The SMILES string of the molecule is Cc1cc(F)c(C2OCc3cc(OCc4ccccc4)ccc3C2c2ccc(Br)cc2)cc1F. The van der Waals surface area contributed by atoms with Gasteiger partial charge in [0.05, 0.1) is 12.7 Å². The Kier molecular flexibility index (Phi) is 6.48. The van der Waals surface area contributed by atoms with E-state index in [9.17, 15) is 8.78 Å². The van der Waals surface area contributed by atoms with Crippen molar-refractivity contribution in [1.29, 1.82) is 0 Å². The molecule has 4 aromatic rings. The fraction of sp³-hybridized carbons (Fsp3) is 0.172. The first-order chi connectivity index (χ1) is 16.5. The van der Waals surface area contributed by atoms with Crippen LogP contribution in [0.3, 0.4) is 0 Å². The van der Waals surface area contributed by atoms with Crippen molar-refractivity contribution in [1.82, 2.24) is 0 Å². The van der Waals surface area contributed by atoms with Gasteiger partial charge in [-0.05, 0) is 71.1 Å². The van der Waals surface area contributed by atoms with Crippen LogP contribution in [0.5, 0.6) is 5.75 Å². The Labute approximate surface area is 206 Å². The molecule has 1 heterocycles. The van der Waals surface area contributed by atoms with E-state index in [1.165, 1.54) is 12.1 Å². The maximum Gasteiger partial charge on any atom is 0.129 e. The van der Waals surface area contributed by atoms with Crippen molar-refractivity contribution < 1.29 is 18.3 Å². The van der Waals surface area contributed by atoms with E-state index >= 15 is 0 Å². The van der Waals surface area contributed by atoms with Crippen molar-refractivity contribution in [2.24, 2.45) is 0 Å². The van der Waals surface area contributed by atoms with Crippen LogP contribution < -0.4 is 4.74 Å². The van der Waals surface area contributed by atoms with E-state index in [1.54, 1.807) is 6.92 Å². The van der Waals surface area contributed by atoms with Gasteiger partial charge in [-0.2, -0.15) is 0 Å². The minimum Gasteiger partial charge on any atom is -0.489 e. The molecule has 0 bridgehead atoms. The number of aryl methyl sites for hydroxylation is 1. The van der Waals surface area contributed by atoms with Crippen LogP contribution in [0, 0.1) is 18.6 Å². The Balaban J connectivity index is 1.52. The predicted octanol–water partition coefficient (Wildman–Crippen LogP) is 8.02. The molecule has 5 heteroatoms. The molecule has 1 aliphatic rings. The van der Waals surface area contributed by atoms with Crippen LogP contribution in [0.2, 0.25) is 0 Å². The molecule has 2 unspecified atom stereocenters. The number of rotatable bonds is 5. The molecule has 0 aliphatic carbocycles. The zero-order valence-electron chi connectivity index (χ0n) is 18.6. The normalized spacial score (nSPS) is 17.3. The molecular formula is C29H23BrF2O2. The number of benzene rings is 4. The molecule has 34 heavy (non-hydrogen) atoms. The van der Waals surface area contributed by atoms with Gasteiger partial charge in [0, 0.05) is 16.0 Å². The highest BCUT2D eigenvalue weighted by atomic mass is 79.9. The molecule has 0 N–H and O–H groups in total. The summed E-state index contributed by atoms with van der Waals surface area (Å²) in [7, 11) is 0. The lowest BCUT2D eigenvalue weighted by Gasteiger charge is -2.35. The summed E-state index contributed by atoms with van der Waals surface area (Å²) in [5, 5.41) is 0. The zero-order chi connectivity index (χ0) is 23.7. The summed E-state index contributed by atoms with van der Waals surface area (Å²) in [5.41, 5.74) is 4.55. The van der Waals surface area contributed by atoms with Crippen molar-refractivity contribution in [2.75, 3.05) is 0 Å². The highest BCUT2D eigenvalue weighted by Gasteiger charge is 2.35. The lowest BCUT2D eigenvalue weighted by molar-refractivity contribution is 0.0124. The standard InChI is InChI=1S/C29H23BrF2O2/c1-18-13-27(32)25(15-26(18)31)29-28(20-7-9-22(30)10-8-20)24-12-11-23(14-21(24)17-34-29)33-16-19-5-3-2-4-6-19/h2-15,28-29H,16-17H2,1H3. The molecule has 1 aliphatic heterocycles. The van der Waals surface area contributed by atoms with Gasteiger partial charge in [-0.25, -0.2) is 8.78 Å². The van der Waals surface area contributed by atoms with E-state index in [0.29, 0.717) is 6.61 Å². The molecule has 0 spiro atoms. The second-order valence-corrected chi connectivity index (χ2v) is 9.43. The second kappa shape index (κ2) is 9.69. The van der Waals surface area contributed by atoms with Crippen LogP contribution in [0.1, 0.15) is 45.4 Å². The molecule has 0 amide bonds. The Morgan fingerprint density at radius 1 is 0.882 bits per heavy atom. The maximum atomic E-state index is 15.0. The topological polar surface area (TPSA) is 18.5 Å². The first kappa shape index (κ1) is 22.8. The highest BCUT2D eigenvalue weighted by molar-refractivity contribution is 9.10. The van der Waals surface area contributed by atoms with Gasteiger partial charge in [0.1, 0.15) is 24.0 Å². The van der Waals surface area contributed by atoms with Crippen LogP contribution in [-0.2, 0) is 18.0 Å². The first-order valence-corrected chi connectivity index (χ1v) is 11.9. The molecule has 172 valence electrons. The number of ether oxygens (including phenoxy) is 2. The summed E-state index contributed by atoms with van der Waals surface area (Å²) in [4.78, 5) is 0.